The summed E-state index contributed by atoms with van der Waals surface area (Å²) >= 11 is 6.95. The number of carbonyl (C=O) groups is 1. The van der Waals surface area contributed by atoms with E-state index in [-0.39, 0.29) is 4.90 Å². The topological polar surface area (TPSA) is 76.1 Å². The predicted octanol–water partition coefficient (Wildman–Crippen LogP) is 3.18. The molecule has 0 spiro atoms. The van der Waals surface area contributed by atoms with Gasteiger partial charge >= 0.3 is 0 Å². The fourth-order valence-corrected chi connectivity index (χ4v) is 4.04. The Morgan fingerprint density at radius 2 is 1.95 bits per heavy atom. The van der Waals surface area contributed by atoms with Crippen LogP contribution in [-0.4, -0.2) is 19.3 Å². The van der Waals surface area contributed by atoms with Crippen molar-refractivity contribution < 1.29 is 13.2 Å². The first-order chi connectivity index (χ1) is 10.3. The van der Waals surface area contributed by atoms with E-state index in [1.165, 1.54) is 35.6 Å². The monoisotopic (exact) mass is 358 g/mol. The highest BCUT2D eigenvalue weighted by molar-refractivity contribution is 7.90. The molecule has 1 heterocycles. The molecule has 0 aliphatic rings. The maximum atomic E-state index is 12.2. The summed E-state index contributed by atoms with van der Waals surface area (Å²) < 4.78 is 26.4. The van der Waals surface area contributed by atoms with E-state index in [1.807, 2.05) is 6.92 Å². The van der Waals surface area contributed by atoms with Gasteiger partial charge in [-0.3, -0.25) is 4.79 Å². The molecule has 118 valence electrons. The van der Waals surface area contributed by atoms with Gasteiger partial charge < -0.3 is 0 Å². The summed E-state index contributed by atoms with van der Waals surface area (Å²) in [6.07, 6.45) is 1.68. The molecule has 1 aromatic heterocycles. The quantitative estimate of drug-likeness (QED) is 0.890. The van der Waals surface area contributed by atoms with E-state index in [0.29, 0.717) is 15.6 Å². The van der Waals surface area contributed by atoms with Crippen LogP contribution < -0.4 is 4.72 Å². The summed E-state index contributed by atoms with van der Waals surface area (Å²) in [4.78, 5) is 16.8. The molecule has 0 atom stereocenters. The van der Waals surface area contributed by atoms with Crippen molar-refractivity contribution in [2.24, 2.45) is 0 Å². The lowest BCUT2D eigenvalue weighted by molar-refractivity contribution is 0.0984. The molecule has 1 amide bonds. The van der Waals surface area contributed by atoms with Crippen LogP contribution in [0.1, 0.15) is 33.7 Å². The largest absolute Gasteiger partial charge is 0.276 e. The highest BCUT2D eigenvalue weighted by Crippen LogP contribution is 2.20. The maximum Gasteiger partial charge on any atom is 0.276 e. The van der Waals surface area contributed by atoms with Gasteiger partial charge in [-0.25, -0.2) is 18.1 Å². The number of hydrogen-bond donors (Lipinski definition) is 1. The van der Waals surface area contributed by atoms with Gasteiger partial charge in [-0.2, -0.15) is 0 Å². The van der Waals surface area contributed by atoms with Crippen molar-refractivity contribution >= 4 is 38.9 Å². The van der Waals surface area contributed by atoms with E-state index in [9.17, 15) is 13.2 Å². The van der Waals surface area contributed by atoms with Crippen molar-refractivity contribution in [2.75, 3.05) is 0 Å². The Morgan fingerprint density at radius 1 is 1.32 bits per heavy atom. The molecule has 0 saturated heterocycles. The van der Waals surface area contributed by atoms with Crippen molar-refractivity contribution in [3.63, 3.8) is 0 Å². The van der Waals surface area contributed by atoms with Crippen molar-refractivity contribution in [2.45, 2.75) is 31.6 Å². The second kappa shape index (κ2) is 6.76. The zero-order chi connectivity index (χ0) is 16.3. The molecule has 2 rings (SSSR count). The summed E-state index contributed by atoms with van der Waals surface area (Å²) in [6.45, 7) is 3.71. The van der Waals surface area contributed by atoms with Crippen LogP contribution in [0.2, 0.25) is 5.02 Å². The summed E-state index contributed by atoms with van der Waals surface area (Å²) in [5.74, 6) is -0.660. The predicted molar refractivity (Wildman–Crippen MR) is 87.0 cm³/mol. The fourth-order valence-electron chi connectivity index (χ4n) is 1.82. The van der Waals surface area contributed by atoms with E-state index < -0.39 is 15.9 Å². The summed E-state index contributed by atoms with van der Waals surface area (Å²) in [5.41, 5.74) is 0.539. The Bertz CT molecular complexity index is 783. The molecule has 1 N–H and O–H groups in total. The number of hydrogen-bond acceptors (Lipinski definition) is 5. The number of amides is 1. The first-order valence-electron chi connectivity index (χ1n) is 6.62. The average molecular weight is 359 g/mol. The van der Waals surface area contributed by atoms with Crippen LogP contribution in [0.3, 0.4) is 0 Å². The average Bonchev–Trinajstić information content (AvgIpc) is 2.80. The molecule has 0 bridgehead atoms. The second-order valence-corrected chi connectivity index (χ2v) is 7.86. The molecule has 0 radical (unpaired) electrons. The lowest BCUT2D eigenvalue weighted by Gasteiger charge is -2.06. The smallest absolute Gasteiger partial charge is 0.267 e. The molecule has 0 aliphatic heterocycles. The lowest BCUT2D eigenvalue weighted by atomic mass is 10.3. The zero-order valence-corrected chi connectivity index (χ0v) is 14.5. The Hall–Kier alpha value is -1.44. The number of thiazole rings is 1. The molecule has 0 saturated carbocycles. The van der Waals surface area contributed by atoms with Gasteiger partial charge in [0.15, 0.2) is 0 Å². The van der Waals surface area contributed by atoms with Crippen LogP contribution in [0.15, 0.2) is 29.2 Å². The van der Waals surface area contributed by atoms with Crippen molar-refractivity contribution in [1.29, 1.82) is 0 Å². The Morgan fingerprint density at radius 3 is 2.55 bits per heavy atom. The molecule has 5 nitrogen and oxygen atoms in total. The highest BCUT2D eigenvalue weighted by Gasteiger charge is 2.22. The van der Waals surface area contributed by atoms with Gasteiger partial charge in [0.1, 0.15) is 4.88 Å². The Labute approximate surface area is 138 Å². The van der Waals surface area contributed by atoms with Crippen molar-refractivity contribution in [3.05, 3.63) is 44.9 Å². The molecule has 8 heteroatoms. The minimum atomic E-state index is -3.92. The Kier molecular flexibility index (Phi) is 5.20. The summed E-state index contributed by atoms with van der Waals surface area (Å²) in [5, 5.41) is 1.25. The molecule has 2 aromatic rings. The molecule has 0 fully saturated rings. The fraction of sp³-hybridized carbons (Fsp3) is 0.286. The number of nitrogens with one attached hydrogen (secondary N) is 1. The molecule has 1 aromatic carbocycles. The first kappa shape index (κ1) is 16.9. The standard InChI is InChI=1S/C14H15ClN2O3S2/c1-3-4-12-16-9(2)13(21-12)14(18)17-22(19,20)11-7-5-10(15)6-8-11/h5-8H,3-4H2,1-2H3,(H,17,18). The van der Waals surface area contributed by atoms with Crippen LogP contribution in [0, 0.1) is 6.92 Å². The third kappa shape index (κ3) is 3.85. The zero-order valence-electron chi connectivity index (χ0n) is 12.1. The van der Waals surface area contributed by atoms with Gasteiger partial charge in [-0.15, -0.1) is 11.3 Å². The van der Waals surface area contributed by atoms with E-state index in [1.54, 1.807) is 6.92 Å². The van der Waals surface area contributed by atoms with Crippen LogP contribution in [0.4, 0.5) is 0 Å². The van der Waals surface area contributed by atoms with Crippen LogP contribution in [-0.2, 0) is 16.4 Å². The van der Waals surface area contributed by atoms with Gasteiger partial charge in [0.2, 0.25) is 0 Å². The molecule has 0 unspecified atom stereocenters. The number of carbonyl (C=O) groups excluding carboxylic acids is 1. The summed E-state index contributed by atoms with van der Waals surface area (Å²) in [6, 6.07) is 5.61. The van der Waals surface area contributed by atoms with E-state index >= 15 is 0 Å². The number of nitrogens with zero attached hydrogens (tertiary/aromatic N) is 1. The lowest BCUT2D eigenvalue weighted by Crippen LogP contribution is -2.30. The van der Waals surface area contributed by atoms with E-state index in [4.69, 9.17) is 11.6 Å². The van der Waals surface area contributed by atoms with E-state index in [0.717, 1.165) is 17.8 Å². The van der Waals surface area contributed by atoms with Crippen molar-refractivity contribution in [3.8, 4) is 0 Å². The van der Waals surface area contributed by atoms with Crippen LogP contribution in [0.5, 0.6) is 0 Å². The molecule has 0 aliphatic carbocycles. The van der Waals surface area contributed by atoms with Crippen LogP contribution >= 0.6 is 22.9 Å². The van der Waals surface area contributed by atoms with E-state index in [2.05, 4.69) is 9.71 Å². The van der Waals surface area contributed by atoms with Crippen molar-refractivity contribution in [1.82, 2.24) is 9.71 Å². The molecular formula is C14H15ClN2O3S2. The molecule has 22 heavy (non-hydrogen) atoms. The number of sulfonamides is 1. The second-order valence-electron chi connectivity index (χ2n) is 4.66. The van der Waals surface area contributed by atoms with Gasteiger partial charge in [0.25, 0.3) is 15.9 Å². The number of aromatic nitrogens is 1. The van der Waals surface area contributed by atoms with Gasteiger partial charge in [0, 0.05) is 5.02 Å². The van der Waals surface area contributed by atoms with Crippen LogP contribution in [0.25, 0.3) is 0 Å². The van der Waals surface area contributed by atoms with Gasteiger partial charge in [-0.05, 0) is 44.0 Å². The van der Waals surface area contributed by atoms with Gasteiger partial charge in [0.05, 0.1) is 15.6 Å². The minimum Gasteiger partial charge on any atom is -0.267 e. The number of benzene rings is 1. The first-order valence-corrected chi connectivity index (χ1v) is 9.30. The third-order valence-electron chi connectivity index (χ3n) is 2.86. The highest BCUT2D eigenvalue weighted by atomic mass is 35.5. The minimum absolute atomic E-state index is 0.0128. The maximum absolute atomic E-state index is 12.2. The normalized spacial score (nSPS) is 11.4. The SMILES string of the molecule is CCCc1nc(C)c(C(=O)NS(=O)(=O)c2ccc(Cl)cc2)s1. The third-order valence-corrected chi connectivity index (χ3v) is 5.68. The number of halogens is 1. The van der Waals surface area contributed by atoms with Gasteiger partial charge in [-0.1, -0.05) is 18.5 Å². The molecular weight excluding hydrogens is 344 g/mol. The number of aryl methyl sites for hydroxylation is 2. The Balaban J connectivity index is 2.22. The summed E-state index contributed by atoms with van der Waals surface area (Å²) in [7, 11) is -3.92. The number of rotatable bonds is 5.